The number of carbonyl (C=O) groups excluding carboxylic acids is 1. The van der Waals surface area contributed by atoms with Gasteiger partial charge in [0.05, 0.1) is 11.6 Å². The molecule has 0 aliphatic rings. The Kier molecular flexibility index (Phi) is 4.68. The smallest absolute Gasteiger partial charge is 0.256 e. The number of benzene rings is 1. The van der Waals surface area contributed by atoms with Gasteiger partial charge < -0.3 is 5.32 Å². The number of nitrogens with zero attached hydrogens (tertiary/aromatic N) is 1. The summed E-state index contributed by atoms with van der Waals surface area (Å²) < 4.78 is 13.5. The van der Waals surface area contributed by atoms with Gasteiger partial charge in [-0.1, -0.05) is 38.1 Å². The molecular weight excluding hydrogens is 267 g/mol. The van der Waals surface area contributed by atoms with Gasteiger partial charge in [0.15, 0.2) is 0 Å². The summed E-state index contributed by atoms with van der Waals surface area (Å²) in [5, 5.41) is 2.78. The van der Waals surface area contributed by atoms with E-state index >= 15 is 0 Å². The third kappa shape index (κ3) is 3.66. The number of rotatable bonds is 4. The Labute approximate surface area is 124 Å². The fourth-order valence-corrected chi connectivity index (χ4v) is 2.08. The molecule has 2 rings (SSSR count). The minimum atomic E-state index is -0.752. The largest absolute Gasteiger partial charge is 0.345 e. The lowest BCUT2D eigenvalue weighted by molar-refractivity contribution is 0.0935. The maximum atomic E-state index is 13.5. The van der Waals surface area contributed by atoms with Crippen molar-refractivity contribution in [3.05, 3.63) is 65.2 Å². The van der Waals surface area contributed by atoms with E-state index in [0.29, 0.717) is 5.92 Å². The maximum Gasteiger partial charge on any atom is 0.256 e. The van der Waals surface area contributed by atoms with E-state index in [1.54, 1.807) is 6.07 Å². The van der Waals surface area contributed by atoms with Crippen LogP contribution in [-0.4, -0.2) is 10.9 Å². The highest BCUT2D eigenvalue weighted by molar-refractivity contribution is 5.94. The second kappa shape index (κ2) is 6.48. The van der Waals surface area contributed by atoms with Crippen LogP contribution in [0.3, 0.4) is 0 Å². The Hall–Kier alpha value is -2.23. The van der Waals surface area contributed by atoms with Crippen LogP contribution in [0, 0.1) is 5.95 Å². The minimum absolute atomic E-state index is 0.0387. The van der Waals surface area contributed by atoms with Crippen LogP contribution in [0.2, 0.25) is 0 Å². The van der Waals surface area contributed by atoms with E-state index < -0.39 is 11.9 Å². The van der Waals surface area contributed by atoms with E-state index in [1.807, 2.05) is 31.2 Å². The fraction of sp³-hybridized carbons (Fsp3) is 0.294. The Morgan fingerprint density at radius 2 is 1.71 bits per heavy atom. The monoisotopic (exact) mass is 286 g/mol. The molecule has 2 aromatic rings. The highest BCUT2D eigenvalue weighted by Crippen LogP contribution is 2.19. The molecule has 1 N–H and O–H groups in total. The number of amides is 1. The van der Waals surface area contributed by atoms with E-state index in [4.69, 9.17) is 0 Å². The zero-order valence-corrected chi connectivity index (χ0v) is 12.4. The van der Waals surface area contributed by atoms with Crippen LogP contribution in [-0.2, 0) is 0 Å². The summed E-state index contributed by atoms with van der Waals surface area (Å²) >= 11 is 0. The third-order valence-corrected chi connectivity index (χ3v) is 3.45. The molecule has 1 aromatic carbocycles. The number of hydrogen-bond donors (Lipinski definition) is 1. The van der Waals surface area contributed by atoms with Crippen LogP contribution in [0.4, 0.5) is 4.39 Å². The highest BCUT2D eigenvalue weighted by Gasteiger charge is 2.15. The van der Waals surface area contributed by atoms with Gasteiger partial charge >= 0.3 is 0 Å². The molecule has 1 atom stereocenters. The Morgan fingerprint density at radius 1 is 1.10 bits per heavy atom. The Bertz CT molecular complexity index is 623. The van der Waals surface area contributed by atoms with E-state index in [0.717, 1.165) is 5.56 Å². The van der Waals surface area contributed by atoms with Gasteiger partial charge in [0.1, 0.15) is 0 Å². The summed E-state index contributed by atoms with van der Waals surface area (Å²) in [6.07, 6.45) is 1.32. The number of hydrogen-bond acceptors (Lipinski definition) is 2. The van der Waals surface area contributed by atoms with Crippen LogP contribution >= 0.6 is 0 Å². The number of halogens is 1. The molecule has 1 amide bonds. The minimum Gasteiger partial charge on any atom is -0.345 e. The van der Waals surface area contributed by atoms with Gasteiger partial charge in [0.2, 0.25) is 5.95 Å². The van der Waals surface area contributed by atoms with E-state index in [1.165, 1.54) is 17.8 Å². The van der Waals surface area contributed by atoms with Gasteiger partial charge in [-0.3, -0.25) is 4.79 Å². The molecular formula is C17H19FN2O. The predicted octanol–water partition coefficient (Wildman–Crippen LogP) is 3.84. The molecule has 0 aliphatic heterocycles. The maximum absolute atomic E-state index is 13.5. The summed E-state index contributed by atoms with van der Waals surface area (Å²) in [6.45, 7) is 6.13. The molecule has 0 aliphatic carbocycles. The number of aromatic nitrogens is 1. The first-order chi connectivity index (χ1) is 9.99. The Balaban J connectivity index is 2.09. The number of carbonyl (C=O) groups is 1. The van der Waals surface area contributed by atoms with Crippen LogP contribution in [0.5, 0.6) is 0 Å². The fourth-order valence-electron chi connectivity index (χ4n) is 2.08. The molecule has 1 unspecified atom stereocenters. The van der Waals surface area contributed by atoms with Gasteiger partial charge in [-0.2, -0.15) is 4.39 Å². The average Bonchev–Trinajstić information content (AvgIpc) is 2.47. The van der Waals surface area contributed by atoms with Gasteiger partial charge in [0.25, 0.3) is 5.91 Å². The summed E-state index contributed by atoms with van der Waals surface area (Å²) in [4.78, 5) is 15.5. The van der Waals surface area contributed by atoms with Crippen molar-refractivity contribution >= 4 is 5.91 Å². The van der Waals surface area contributed by atoms with Crippen molar-refractivity contribution in [3.63, 3.8) is 0 Å². The van der Waals surface area contributed by atoms with Crippen LogP contribution in [0.25, 0.3) is 0 Å². The number of pyridine rings is 1. The SMILES string of the molecule is CC(C)c1ccc(C(C)NC(=O)c2cccnc2F)cc1. The molecule has 0 saturated carbocycles. The van der Waals surface area contributed by atoms with Crippen molar-refractivity contribution in [1.82, 2.24) is 10.3 Å². The molecule has 0 saturated heterocycles. The second-order valence-electron chi connectivity index (χ2n) is 5.36. The lowest BCUT2D eigenvalue weighted by Crippen LogP contribution is -2.27. The van der Waals surface area contributed by atoms with Crippen molar-refractivity contribution in [3.8, 4) is 0 Å². The molecule has 0 radical (unpaired) electrons. The zero-order valence-electron chi connectivity index (χ0n) is 12.4. The zero-order chi connectivity index (χ0) is 15.4. The van der Waals surface area contributed by atoms with E-state index in [-0.39, 0.29) is 11.6 Å². The first-order valence-corrected chi connectivity index (χ1v) is 7.00. The molecule has 0 fully saturated rings. The van der Waals surface area contributed by atoms with Crippen LogP contribution in [0.1, 0.15) is 54.2 Å². The molecule has 3 nitrogen and oxygen atoms in total. The second-order valence-corrected chi connectivity index (χ2v) is 5.36. The summed E-state index contributed by atoms with van der Waals surface area (Å²) in [7, 11) is 0. The lowest BCUT2D eigenvalue weighted by Gasteiger charge is -2.15. The molecule has 1 aromatic heterocycles. The van der Waals surface area contributed by atoms with E-state index in [2.05, 4.69) is 24.1 Å². The number of nitrogens with one attached hydrogen (secondary N) is 1. The topological polar surface area (TPSA) is 42.0 Å². The van der Waals surface area contributed by atoms with Crippen LogP contribution in [0.15, 0.2) is 42.6 Å². The molecule has 110 valence electrons. The molecule has 0 bridgehead atoms. The van der Waals surface area contributed by atoms with Gasteiger partial charge in [-0.05, 0) is 36.1 Å². The Morgan fingerprint density at radius 3 is 2.29 bits per heavy atom. The lowest BCUT2D eigenvalue weighted by atomic mass is 9.99. The third-order valence-electron chi connectivity index (χ3n) is 3.45. The van der Waals surface area contributed by atoms with Crippen molar-refractivity contribution in [2.75, 3.05) is 0 Å². The average molecular weight is 286 g/mol. The van der Waals surface area contributed by atoms with Crippen molar-refractivity contribution in [2.24, 2.45) is 0 Å². The first-order valence-electron chi connectivity index (χ1n) is 7.00. The van der Waals surface area contributed by atoms with Gasteiger partial charge in [0, 0.05) is 6.20 Å². The first kappa shape index (κ1) is 15.2. The van der Waals surface area contributed by atoms with Gasteiger partial charge in [-0.15, -0.1) is 0 Å². The molecule has 21 heavy (non-hydrogen) atoms. The van der Waals surface area contributed by atoms with Gasteiger partial charge in [-0.25, -0.2) is 4.98 Å². The molecule has 1 heterocycles. The van der Waals surface area contributed by atoms with Crippen molar-refractivity contribution < 1.29 is 9.18 Å². The normalized spacial score (nSPS) is 12.2. The molecule has 0 spiro atoms. The van der Waals surface area contributed by atoms with Crippen molar-refractivity contribution in [1.29, 1.82) is 0 Å². The summed E-state index contributed by atoms with van der Waals surface area (Å²) in [5.41, 5.74) is 2.19. The predicted molar refractivity (Wildman–Crippen MR) is 80.6 cm³/mol. The van der Waals surface area contributed by atoms with Crippen LogP contribution < -0.4 is 5.32 Å². The summed E-state index contributed by atoms with van der Waals surface area (Å²) in [5.74, 6) is -0.744. The molecule has 4 heteroatoms. The van der Waals surface area contributed by atoms with E-state index in [9.17, 15) is 9.18 Å². The standard InChI is InChI=1S/C17H19FN2O/c1-11(2)13-6-8-14(9-7-13)12(3)20-17(21)15-5-4-10-19-16(15)18/h4-12H,1-3H3,(H,20,21). The summed E-state index contributed by atoms with van der Waals surface area (Å²) in [6, 6.07) is 10.8. The van der Waals surface area contributed by atoms with Crippen molar-refractivity contribution in [2.45, 2.75) is 32.7 Å². The highest BCUT2D eigenvalue weighted by atomic mass is 19.1. The quantitative estimate of drug-likeness (QED) is 0.868.